The Morgan fingerprint density at radius 2 is 1.85 bits per heavy atom. The molecule has 3 aromatic rings. The third-order valence-corrected chi connectivity index (χ3v) is 3.96. The monoisotopic (exact) mass is 327 g/mol. The maximum Gasteiger partial charge on any atom is 0.0806 e. The molecule has 0 aliphatic carbocycles. The van der Waals surface area contributed by atoms with Crippen molar-refractivity contribution >= 4 is 32.4 Å². The number of rotatable bonds is 3. The van der Waals surface area contributed by atoms with Crippen LogP contribution < -0.4 is 5.32 Å². The third-order valence-electron chi connectivity index (χ3n) is 3.27. The van der Waals surface area contributed by atoms with Crippen LogP contribution in [0.15, 0.2) is 59.5 Å². The van der Waals surface area contributed by atoms with Crippen LogP contribution in [0.25, 0.3) is 10.8 Å². The summed E-state index contributed by atoms with van der Waals surface area (Å²) < 4.78 is 1.10. The van der Waals surface area contributed by atoms with Crippen LogP contribution in [0, 0.1) is 0 Å². The zero-order chi connectivity index (χ0) is 13.9. The van der Waals surface area contributed by atoms with E-state index >= 15 is 0 Å². The quantitative estimate of drug-likeness (QED) is 0.765. The molecular weight excluding hydrogens is 314 g/mol. The number of nitrogens with zero attached hydrogens (tertiary/aromatic N) is 2. The molecule has 3 nitrogen and oxygen atoms in total. The minimum Gasteiger partial charge on any atom is -0.376 e. The number of fused-ring (bicyclic) bond motifs is 1. The lowest BCUT2D eigenvalue weighted by molar-refractivity contribution is 0.829. The van der Waals surface area contributed by atoms with Crippen molar-refractivity contribution in [3.05, 3.63) is 65.2 Å². The first-order valence-corrected chi connectivity index (χ1v) is 7.24. The molecule has 1 aromatic heterocycles. The summed E-state index contributed by atoms with van der Waals surface area (Å²) in [6.45, 7) is 2.08. The highest BCUT2D eigenvalue weighted by atomic mass is 79.9. The number of hydrogen-bond donors (Lipinski definition) is 1. The Labute approximate surface area is 126 Å². The molecule has 1 unspecified atom stereocenters. The van der Waals surface area contributed by atoms with E-state index in [9.17, 15) is 0 Å². The SMILES string of the molecule is CC(Nc1ccc(Br)c2ccccc12)c1cnccn1. The Morgan fingerprint density at radius 3 is 2.60 bits per heavy atom. The van der Waals surface area contributed by atoms with E-state index in [0.717, 1.165) is 15.9 Å². The Kier molecular flexibility index (Phi) is 3.65. The number of benzene rings is 2. The van der Waals surface area contributed by atoms with Gasteiger partial charge in [0, 0.05) is 27.9 Å². The highest BCUT2D eigenvalue weighted by molar-refractivity contribution is 9.10. The molecule has 4 heteroatoms. The van der Waals surface area contributed by atoms with Gasteiger partial charge in [-0.05, 0) is 24.4 Å². The predicted octanol–water partition coefficient (Wildman–Crippen LogP) is 4.57. The lowest BCUT2D eigenvalue weighted by Crippen LogP contribution is -2.08. The summed E-state index contributed by atoms with van der Waals surface area (Å²) >= 11 is 3.59. The lowest BCUT2D eigenvalue weighted by Gasteiger charge is -2.16. The van der Waals surface area contributed by atoms with Crippen LogP contribution in [0.3, 0.4) is 0 Å². The summed E-state index contributed by atoms with van der Waals surface area (Å²) in [4.78, 5) is 8.45. The smallest absolute Gasteiger partial charge is 0.0806 e. The minimum absolute atomic E-state index is 0.105. The van der Waals surface area contributed by atoms with Gasteiger partial charge in [0.1, 0.15) is 0 Å². The first-order valence-electron chi connectivity index (χ1n) is 6.45. The van der Waals surface area contributed by atoms with E-state index in [1.807, 2.05) is 12.1 Å². The van der Waals surface area contributed by atoms with Gasteiger partial charge in [-0.2, -0.15) is 0 Å². The van der Waals surface area contributed by atoms with Crippen LogP contribution in [0.5, 0.6) is 0 Å². The fraction of sp³-hybridized carbons (Fsp3) is 0.125. The van der Waals surface area contributed by atoms with Crippen molar-refractivity contribution in [1.29, 1.82) is 0 Å². The standard InChI is InChI=1S/C16H14BrN3/c1-11(16-10-18-8-9-19-16)20-15-7-6-14(17)12-4-2-3-5-13(12)15/h2-11,20H,1H3. The molecule has 0 fully saturated rings. The van der Waals surface area contributed by atoms with E-state index in [4.69, 9.17) is 0 Å². The highest BCUT2D eigenvalue weighted by Crippen LogP contribution is 2.31. The molecule has 0 amide bonds. The molecule has 0 saturated heterocycles. The van der Waals surface area contributed by atoms with Crippen molar-refractivity contribution < 1.29 is 0 Å². The first-order chi connectivity index (χ1) is 9.75. The van der Waals surface area contributed by atoms with E-state index in [0.29, 0.717) is 0 Å². The van der Waals surface area contributed by atoms with Crippen LogP contribution in [0.1, 0.15) is 18.7 Å². The fourth-order valence-electron chi connectivity index (χ4n) is 2.23. The summed E-state index contributed by atoms with van der Waals surface area (Å²) in [5.41, 5.74) is 2.03. The molecule has 0 bridgehead atoms. The number of nitrogens with one attached hydrogen (secondary N) is 1. The summed E-state index contributed by atoms with van der Waals surface area (Å²) in [5.74, 6) is 0. The third kappa shape index (κ3) is 2.51. The van der Waals surface area contributed by atoms with Crippen LogP contribution in [-0.4, -0.2) is 9.97 Å². The van der Waals surface area contributed by atoms with Crippen LogP contribution in [0.2, 0.25) is 0 Å². The normalized spacial score (nSPS) is 12.3. The zero-order valence-electron chi connectivity index (χ0n) is 11.0. The van der Waals surface area contributed by atoms with E-state index in [1.165, 1.54) is 10.8 Å². The molecule has 0 spiro atoms. The van der Waals surface area contributed by atoms with Crippen molar-refractivity contribution in [2.75, 3.05) is 5.32 Å². The van der Waals surface area contributed by atoms with Gasteiger partial charge >= 0.3 is 0 Å². The average Bonchev–Trinajstić information content (AvgIpc) is 2.51. The second-order valence-corrected chi connectivity index (χ2v) is 5.49. The number of aromatic nitrogens is 2. The van der Waals surface area contributed by atoms with E-state index in [2.05, 4.69) is 62.4 Å². The van der Waals surface area contributed by atoms with Gasteiger partial charge < -0.3 is 5.32 Å². The van der Waals surface area contributed by atoms with Gasteiger partial charge in [-0.1, -0.05) is 40.2 Å². The summed E-state index contributed by atoms with van der Waals surface area (Å²) in [6, 6.07) is 12.6. The molecule has 0 aliphatic heterocycles. The molecule has 1 atom stereocenters. The summed E-state index contributed by atoms with van der Waals surface area (Å²) in [6.07, 6.45) is 5.19. The topological polar surface area (TPSA) is 37.8 Å². The highest BCUT2D eigenvalue weighted by Gasteiger charge is 2.09. The molecule has 3 rings (SSSR count). The minimum atomic E-state index is 0.105. The van der Waals surface area contributed by atoms with Gasteiger partial charge in [0.2, 0.25) is 0 Å². The first kappa shape index (κ1) is 13.1. The van der Waals surface area contributed by atoms with Gasteiger partial charge in [-0.15, -0.1) is 0 Å². The Hall–Kier alpha value is -1.94. The summed E-state index contributed by atoms with van der Waals surface area (Å²) in [7, 11) is 0. The largest absolute Gasteiger partial charge is 0.376 e. The molecule has 1 heterocycles. The maximum atomic E-state index is 4.34. The van der Waals surface area contributed by atoms with Gasteiger partial charge in [0.15, 0.2) is 0 Å². The fourth-order valence-corrected chi connectivity index (χ4v) is 2.71. The predicted molar refractivity (Wildman–Crippen MR) is 85.7 cm³/mol. The van der Waals surface area contributed by atoms with Crippen molar-refractivity contribution in [1.82, 2.24) is 9.97 Å². The molecule has 2 aromatic carbocycles. The van der Waals surface area contributed by atoms with Crippen LogP contribution >= 0.6 is 15.9 Å². The molecule has 0 radical (unpaired) electrons. The van der Waals surface area contributed by atoms with Crippen molar-refractivity contribution in [2.45, 2.75) is 13.0 Å². The van der Waals surface area contributed by atoms with Crippen molar-refractivity contribution in [3.8, 4) is 0 Å². The van der Waals surface area contributed by atoms with Crippen molar-refractivity contribution in [3.63, 3.8) is 0 Å². The molecule has 1 N–H and O–H groups in total. The Morgan fingerprint density at radius 1 is 1.05 bits per heavy atom. The molecule has 20 heavy (non-hydrogen) atoms. The second-order valence-electron chi connectivity index (χ2n) is 4.64. The number of hydrogen-bond acceptors (Lipinski definition) is 3. The van der Waals surface area contributed by atoms with E-state index < -0.39 is 0 Å². The molecular formula is C16H14BrN3. The van der Waals surface area contributed by atoms with E-state index in [-0.39, 0.29) is 6.04 Å². The Balaban J connectivity index is 1.97. The van der Waals surface area contributed by atoms with Gasteiger partial charge in [-0.3, -0.25) is 9.97 Å². The molecule has 0 saturated carbocycles. The van der Waals surface area contributed by atoms with Gasteiger partial charge in [-0.25, -0.2) is 0 Å². The van der Waals surface area contributed by atoms with Crippen LogP contribution in [0.4, 0.5) is 5.69 Å². The molecule has 100 valence electrons. The summed E-state index contributed by atoms with van der Waals surface area (Å²) in [5, 5.41) is 5.90. The number of anilines is 1. The zero-order valence-corrected chi connectivity index (χ0v) is 12.6. The van der Waals surface area contributed by atoms with Gasteiger partial charge in [0.25, 0.3) is 0 Å². The van der Waals surface area contributed by atoms with Crippen molar-refractivity contribution in [2.24, 2.45) is 0 Å². The van der Waals surface area contributed by atoms with E-state index in [1.54, 1.807) is 18.6 Å². The average molecular weight is 328 g/mol. The number of halogens is 1. The Bertz CT molecular complexity index is 728. The molecule has 0 aliphatic rings. The van der Waals surface area contributed by atoms with Crippen LogP contribution in [-0.2, 0) is 0 Å². The maximum absolute atomic E-state index is 4.34. The lowest BCUT2D eigenvalue weighted by atomic mass is 10.1. The van der Waals surface area contributed by atoms with Gasteiger partial charge in [0.05, 0.1) is 17.9 Å². The second kappa shape index (κ2) is 5.59.